The van der Waals surface area contributed by atoms with Crippen molar-refractivity contribution in [2.75, 3.05) is 0 Å². The molecule has 4 aliphatic heterocycles. The fraction of sp³-hybridized carbons (Fsp3) is 0.333. The highest BCUT2D eigenvalue weighted by Crippen LogP contribution is 2.43. The quantitative estimate of drug-likeness (QED) is 0.134. The summed E-state index contributed by atoms with van der Waals surface area (Å²) in [5, 5.41) is 52.2. The molecule has 4 aliphatic rings. The number of carbonyl (C=O) groups excluding carboxylic acids is 1. The summed E-state index contributed by atoms with van der Waals surface area (Å²) >= 11 is 7.33. The van der Waals surface area contributed by atoms with Crippen molar-refractivity contribution >= 4 is 121 Å². The second kappa shape index (κ2) is 29.4. The van der Waals surface area contributed by atoms with Crippen LogP contribution >= 0.6 is 47.0 Å². The second-order valence-corrected chi connectivity index (χ2v) is 28.3. The third-order valence-corrected chi connectivity index (χ3v) is 18.4. The second-order valence-electron chi connectivity index (χ2n) is 24.2. The van der Waals surface area contributed by atoms with Crippen molar-refractivity contribution in [3.8, 4) is 12.1 Å². The molecule has 1 saturated heterocycles. The molecule has 0 aromatic heterocycles. The zero-order valence-corrected chi connectivity index (χ0v) is 54.4. The average Bonchev–Trinajstić information content (AvgIpc) is 4.44. The first-order valence-electron chi connectivity index (χ1n) is 28.5. The van der Waals surface area contributed by atoms with Crippen molar-refractivity contribution in [3.05, 3.63) is 193 Å². The summed E-state index contributed by atoms with van der Waals surface area (Å²) < 4.78 is 2.76. The Labute approximate surface area is 511 Å². The molecule has 11 rings (SSSR count). The van der Waals surface area contributed by atoms with Gasteiger partial charge in [0.25, 0.3) is 11.6 Å². The Morgan fingerprint density at radius 1 is 0.578 bits per heavy atom. The SMILES string of the molecule is C1=CSC(=c2c3ccccc3c(=C3SC=CS3)c3ccccc23)S1.C=C1c2ccccc2C(=O)N1C(C)C.CC(C)C.CC(C)C.CC(C)C1CC(C)(C)N(O)C(C)(C)C1.[C-]#[N+]C(C#N)=c1c2ccccc2c(=C(C)C#N)c2ccccc12. The highest BCUT2D eigenvalue weighted by atomic mass is 32.2. The van der Waals surface area contributed by atoms with Crippen molar-refractivity contribution in [2.24, 2.45) is 23.7 Å². The van der Waals surface area contributed by atoms with Gasteiger partial charge in [-0.3, -0.25) is 4.79 Å². The Bertz CT molecular complexity index is 3680. The van der Waals surface area contributed by atoms with Gasteiger partial charge in [-0.15, -0.1) is 0 Å². The molecule has 0 bridgehead atoms. The third kappa shape index (κ3) is 15.5. The molecule has 1 amide bonds. The summed E-state index contributed by atoms with van der Waals surface area (Å²) in [7, 11) is 0. The van der Waals surface area contributed by atoms with Gasteiger partial charge >= 0.3 is 0 Å². The summed E-state index contributed by atoms with van der Waals surface area (Å²) in [4.78, 5) is 17.1. The fourth-order valence-corrected chi connectivity index (χ4v) is 14.7. The van der Waals surface area contributed by atoms with Crippen LogP contribution in [0.3, 0.4) is 0 Å². The third-order valence-electron chi connectivity index (χ3n) is 14.2. The number of benzene rings is 7. The lowest BCUT2D eigenvalue weighted by atomic mass is 9.71. The molecular formula is C72H81N5O2S4. The number of carbonyl (C=O) groups is 1. The molecule has 7 aromatic rings. The zero-order valence-electron chi connectivity index (χ0n) is 51.1. The Morgan fingerprint density at radius 3 is 1.20 bits per heavy atom. The monoisotopic (exact) mass is 1180 g/mol. The van der Waals surface area contributed by atoms with E-state index in [1.165, 1.54) is 40.5 Å². The van der Waals surface area contributed by atoms with Crippen LogP contribution in [0.4, 0.5) is 0 Å². The van der Waals surface area contributed by atoms with Crippen molar-refractivity contribution in [1.29, 1.82) is 10.5 Å². The molecule has 7 nitrogen and oxygen atoms in total. The van der Waals surface area contributed by atoms with Gasteiger partial charge in [0.15, 0.2) is 0 Å². The van der Waals surface area contributed by atoms with E-state index in [2.05, 4.69) is 171 Å². The van der Waals surface area contributed by atoms with E-state index >= 15 is 0 Å². The van der Waals surface area contributed by atoms with Gasteiger partial charge in [-0.1, -0.05) is 224 Å². The lowest BCUT2D eigenvalue weighted by molar-refractivity contribution is -0.253. The number of fused-ring (bicyclic) bond motifs is 5. The molecule has 1 fully saturated rings. The van der Waals surface area contributed by atoms with Crippen LogP contribution in [0.2, 0.25) is 0 Å². The van der Waals surface area contributed by atoms with E-state index in [-0.39, 0.29) is 28.7 Å². The number of amides is 1. The maximum absolute atomic E-state index is 11.9. The number of piperidine rings is 1. The molecule has 0 saturated carbocycles. The molecule has 4 heterocycles. The first-order valence-corrected chi connectivity index (χ1v) is 32.0. The minimum absolute atomic E-state index is 0.0681. The van der Waals surface area contributed by atoms with Crippen LogP contribution in [0.5, 0.6) is 0 Å². The molecule has 0 radical (unpaired) electrons. The lowest BCUT2D eigenvalue weighted by Gasteiger charge is -2.52. The normalized spacial score (nSPS) is 15.8. The molecule has 0 spiro atoms. The number of hydrogen-bond donors (Lipinski definition) is 1. The molecule has 0 atom stereocenters. The van der Waals surface area contributed by atoms with E-state index in [0.717, 1.165) is 74.2 Å². The van der Waals surface area contributed by atoms with Crippen molar-refractivity contribution in [3.63, 3.8) is 0 Å². The van der Waals surface area contributed by atoms with Gasteiger partial charge in [0, 0.05) is 60.4 Å². The van der Waals surface area contributed by atoms with Crippen LogP contribution in [-0.2, 0) is 0 Å². The summed E-state index contributed by atoms with van der Waals surface area (Å²) in [6.07, 6.45) is 2.18. The van der Waals surface area contributed by atoms with E-state index in [1.807, 2.05) is 140 Å². The smallest absolute Gasteiger partial charge is 0.270 e. The molecule has 1 N–H and O–H groups in total. The van der Waals surface area contributed by atoms with E-state index < -0.39 is 0 Å². The minimum Gasteiger partial charge on any atom is -0.313 e. The number of thioether (sulfide) groups is 4. The molecule has 11 heteroatoms. The van der Waals surface area contributed by atoms with Crippen LogP contribution in [0.25, 0.3) is 73.4 Å². The molecule has 7 aromatic carbocycles. The van der Waals surface area contributed by atoms with E-state index in [0.29, 0.717) is 16.7 Å². The highest BCUT2D eigenvalue weighted by molar-refractivity contribution is 8.35. The lowest BCUT2D eigenvalue weighted by Crippen LogP contribution is -2.59. The van der Waals surface area contributed by atoms with Crippen molar-refractivity contribution in [1.82, 2.24) is 9.96 Å². The molecule has 0 unspecified atom stereocenters. The minimum atomic E-state index is -0.0866. The number of nitriles is 2. The van der Waals surface area contributed by atoms with Crippen LogP contribution < -0.4 is 20.9 Å². The summed E-state index contributed by atoms with van der Waals surface area (Å²) in [5.41, 5.74) is 3.06. The Kier molecular flexibility index (Phi) is 23.2. The van der Waals surface area contributed by atoms with Crippen LogP contribution in [-0.4, -0.2) is 38.2 Å². The Morgan fingerprint density at radius 2 is 0.904 bits per heavy atom. The van der Waals surface area contributed by atoms with Gasteiger partial charge in [0.05, 0.1) is 27.2 Å². The molecule has 430 valence electrons. The average molecular weight is 1180 g/mol. The van der Waals surface area contributed by atoms with Gasteiger partial charge in [0.1, 0.15) is 0 Å². The fourth-order valence-electron chi connectivity index (χ4n) is 10.9. The predicted octanol–water partition coefficient (Wildman–Crippen LogP) is 18.4. The topological polar surface area (TPSA) is 95.7 Å². The van der Waals surface area contributed by atoms with Crippen LogP contribution in [0, 0.1) is 52.9 Å². The standard InChI is InChI=1S/C20H11N3.C20H12S4.C12H13NO.C12H25NO.2C4H10/c1-13(11-21)19-14-7-3-5-9-16(14)20(18(12-22)23-2)17-10-6-4-8-15(17)19;1-2-6-14-13(5-1)17(19-21-9-10-22-19)15-7-3-4-8-16(15)18(14)20-23-11-12-24-20;1-8(2)13-9(3)10-6-4-5-7-11(10)12(13)14;1-9(2)10-7-11(3,4)13(14)12(5,6)8-10;2*1-4(2)3/h3-10H,1H3;1-12H;4-8H,3H2,1-2H3;9-10,14H,7-8H2,1-6H3;2*4H,1-3H3. The number of rotatable bonds is 2. The van der Waals surface area contributed by atoms with Crippen LogP contribution in [0.1, 0.15) is 133 Å². The first kappa shape index (κ1) is 65.7. The van der Waals surface area contributed by atoms with E-state index in [9.17, 15) is 20.5 Å². The molecule has 83 heavy (non-hydrogen) atoms. The van der Waals surface area contributed by atoms with Gasteiger partial charge in [-0.05, 0) is 156 Å². The highest BCUT2D eigenvalue weighted by Gasteiger charge is 2.45. The largest absolute Gasteiger partial charge is 0.313 e. The Hall–Kier alpha value is -6.46. The Balaban J connectivity index is 0.000000174. The van der Waals surface area contributed by atoms with Crippen LogP contribution in [0.15, 0.2) is 150 Å². The molecular weight excluding hydrogens is 1100 g/mol. The first-order chi connectivity index (χ1) is 39.4. The summed E-state index contributed by atoms with van der Waals surface area (Å²) in [5.74, 6) is 3.17. The number of hydroxylamine groups is 2. The van der Waals surface area contributed by atoms with Crippen molar-refractivity contribution in [2.45, 2.75) is 134 Å². The summed E-state index contributed by atoms with van der Waals surface area (Å²) in [6, 6.07) is 44.9. The maximum atomic E-state index is 11.9. The zero-order chi connectivity index (χ0) is 60.9. The molecule has 0 aliphatic carbocycles. The number of hydrogen-bond acceptors (Lipinski definition) is 9. The van der Waals surface area contributed by atoms with Crippen molar-refractivity contribution < 1.29 is 10.0 Å². The van der Waals surface area contributed by atoms with Gasteiger partial charge in [0.2, 0.25) is 0 Å². The summed E-state index contributed by atoms with van der Waals surface area (Å²) in [6.45, 7) is 43.1. The predicted molar refractivity (Wildman–Crippen MR) is 364 cm³/mol. The van der Waals surface area contributed by atoms with Gasteiger partial charge < -0.3 is 10.1 Å². The van der Waals surface area contributed by atoms with Gasteiger partial charge in [-0.2, -0.15) is 10.3 Å². The van der Waals surface area contributed by atoms with E-state index in [4.69, 9.17) is 6.57 Å². The maximum Gasteiger partial charge on any atom is 0.270 e. The van der Waals surface area contributed by atoms with Gasteiger partial charge in [-0.25, -0.2) is 10.1 Å². The number of nitrogens with zero attached hydrogens (tertiary/aromatic N) is 5. The van der Waals surface area contributed by atoms with E-state index in [1.54, 1.807) is 16.9 Å².